The van der Waals surface area contributed by atoms with Crippen LogP contribution in [0.5, 0.6) is 0 Å². The maximum absolute atomic E-state index is 11.8. The molecule has 128 valence electrons. The predicted octanol–water partition coefficient (Wildman–Crippen LogP) is 2.29. The van der Waals surface area contributed by atoms with E-state index in [-0.39, 0.29) is 16.9 Å². The van der Waals surface area contributed by atoms with Crippen molar-refractivity contribution in [2.45, 2.75) is 50.2 Å². The monoisotopic (exact) mass is 337 g/mol. The van der Waals surface area contributed by atoms with Gasteiger partial charge in [-0.3, -0.25) is 0 Å². The van der Waals surface area contributed by atoms with E-state index >= 15 is 0 Å². The van der Waals surface area contributed by atoms with Gasteiger partial charge in [-0.2, -0.15) is 0 Å². The number of nitrogens with one attached hydrogen (secondary N) is 1. The van der Waals surface area contributed by atoms with Gasteiger partial charge in [0, 0.05) is 24.6 Å². The second kappa shape index (κ2) is 6.19. The summed E-state index contributed by atoms with van der Waals surface area (Å²) in [6.45, 7) is 6.01. The van der Waals surface area contributed by atoms with Gasteiger partial charge in [0.1, 0.15) is 0 Å². The zero-order valence-corrected chi connectivity index (χ0v) is 14.9. The Balaban J connectivity index is 1.60. The van der Waals surface area contributed by atoms with Crippen LogP contribution in [0.2, 0.25) is 0 Å². The van der Waals surface area contributed by atoms with Crippen molar-refractivity contribution in [1.82, 2.24) is 5.32 Å². The molecule has 1 spiro atoms. The second-order valence-electron chi connectivity index (χ2n) is 7.69. The number of benzene rings is 1. The Kier molecular flexibility index (Phi) is 4.55. The summed E-state index contributed by atoms with van der Waals surface area (Å²) < 4.78 is 29.5. The summed E-state index contributed by atoms with van der Waals surface area (Å²) >= 11 is 0. The fourth-order valence-electron chi connectivity index (χ4n) is 3.75. The highest BCUT2D eigenvalue weighted by molar-refractivity contribution is 7.91. The average Bonchev–Trinajstić information content (AvgIpc) is 2.81. The third-order valence-electron chi connectivity index (χ3n) is 5.23. The molecule has 1 aromatic carbocycles. The molecule has 0 amide bonds. The summed E-state index contributed by atoms with van der Waals surface area (Å²) in [5.41, 5.74) is 0.929. The van der Waals surface area contributed by atoms with Gasteiger partial charge in [0.25, 0.3) is 0 Å². The lowest BCUT2D eigenvalue weighted by molar-refractivity contribution is -0.0707. The first-order chi connectivity index (χ1) is 10.8. The molecular formula is C18H27NO3S. The minimum Gasteiger partial charge on any atom is -0.374 e. The summed E-state index contributed by atoms with van der Waals surface area (Å²) in [5.74, 6) is 0.468. The standard InChI is InChI=1S/C18H27NO3S/c1-17(2,15-6-4-3-5-7-15)13-19-16-8-10-22-18(12-16)9-11-23(20,21)14-18/h3-7,16,19H,8-14H2,1-2H3/t16-,18+/m1/s1. The van der Waals surface area contributed by atoms with E-state index in [0.717, 1.165) is 19.4 Å². The van der Waals surface area contributed by atoms with Gasteiger partial charge in [-0.25, -0.2) is 8.42 Å². The fourth-order valence-corrected chi connectivity index (χ4v) is 5.73. The lowest BCUT2D eigenvalue weighted by atomic mass is 9.83. The van der Waals surface area contributed by atoms with Crippen molar-refractivity contribution < 1.29 is 13.2 Å². The van der Waals surface area contributed by atoms with Gasteiger partial charge < -0.3 is 10.1 Å². The third-order valence-corrected chi connectivity index (χ3v) is 7.02. The molecule has 2 fully saturated rings. The molecular weight excluding hydrogens is 310 g/mol. The van der Waals surface area contributed by atoms with Gasteiger partial charge >= 0.3 is 0 Å². The summed E-state index contributed by atoms with van der Waals surface area (Å²) in [5, 5.41) is 3.66. The van der Waals surface area contributed by atoms with Crippen LogP contribution in [0.15, 0.2) is 30.3 Å². The Labute approximate surface area is 139 Å². The molecule has 0 saturated carbocycles. The molecule has 3 rings (SSSR count). The molecule has 5 heteroatoms. The van der Waals surface area contributed by atoms with Gasteiger partial charge in [0.2, 0.25) is 0 Å². The number of sulfone groups is 1. The Hall–Kier alpha value is -0.910. The minimum atomic E-state index is -2.92. The maximum Gasteiger partial charge on any atom is 0.153 e. The molecule has 2 atom stereocenters. The van der Waals surface area contributed by atoms with Crippen LogP contribution in [-0.4, -0.2) is 44.7 Å². The zero-order valence-electron chi connectivity index (χ0n) is 14.0. The van der Waals surface area contributed by atoms with Gasteiger partial charge in [-0.1, -0.05) is 44.2 Å². The number of ether oxygens (including phenoxy) is 1. The topological polar surface area (TPSA) is 55.4 Å². The first-order valence-corrected chi connectivity index (χ1v) is 10.3. The van der Waals surface area contributed by atoms with Crippen LogP contribution in [0.1, 0.15) is 38.7 Å². The van der Waals surface area contributed by atoms with E-state index in [1.807, 2.05) is 6.07 Å². The molecule has 0 aliphatic carbocycles. The SMILES string of the molecule is CC(C)(CN[C@@H]1CCO[C@@]2(CCS(=O)(=O)C2)C1)c1ccccc1. The van der Waals surface area contributed by atoms with Gasteiger partial charge in [-0.05, 0) is 24.8 Å². The number of hydrogen-bond donors (Lipinski definition) is 1. The average molecular weight is 337 g/mol. The first kappa shape index (κ1) is 16.9. The van der Waals surface area contributed by atoms with Crippen molar-refractivity contribution in [2.24, 2.45) is 0 Å². The van der Waals surface area contributed by atoms with Crippen molar-refractivity contribution in [2.75, 3.05) is 24.7 Å². The quantitative estimate of drug-likeness (QED) is 0.916. The highest BCUT2D eigenvalue weighted by Gasteiger charge is 2.46. The van der Waals surface area contributed by atoms with E-state index in [0.29, 0.717) is 19.1 Å². The lowest BCUT2D eigenvalue weighted by Crippen LogP contribution is -2.50. The van der Waals surface area contributed by atoms with Crippen LogP contribution >= 0.6 is 0 Å². The van der Waals surface area contributed by atoms with Crippen LogP contribution in [0.3, 0.4) is 0 Å². The highest BCUT2D eigenvalue weighted by atomic mass is 32.2. The number of rotatable bonds is 4. The van der Waals surface area contributed by atoms with Crippen LogP contribution in [0, 0.1) is 0 Å². The zero-order chi connectivity index (χ0) is 16.6. The maximum atomic E-state index is 11.8. The van der Waals surface area contributed by atoms with Crippen LogP contribution in [0.4, 0.5) is 0 Å². The van der Waals surface area contributed by atoms with E-state index in [2.05, 4.69) is 43.4 Å². The van der Waals surface area contributed by atoms with Crippen LogP contribution in [0.25, 0.3) is 0 Å². The fraction of sp³-hybridized carbons (Fsp3) is 0.667. The molecule has 2 aliphatic rings. The van der Waals surface area contributed by atoms with E-state index < -0.39 is 15.4 Å². The third kappa shape index (κ3) is 3.95. The first-order valence-electron chi connectivity index (χ1n) is 8.44. The molecule has 0 unspecified atom stereocenters. The van der Waals surface area contributed by atoms with Crippen molar-refractivity contribution in [3.05, 3.63) is 35.9 Å². The van der Waals surface area contributed by atoms with E-state index in [9.17, 15) is 8.42 Å². The lowest BCUT2D eigenvalue weighted by Gasteiger charge is -2.39. The Morgan fingerprint density at radius 1 is 1.30 bits per heavy atom. The molecule has 2 aliphatic heterocycles. The Morgan fingerprint density at radius 2 is 2.04 bits per heavy atom. The summed E-state index contributed by atoms with van der Waals surface area (Å²) in [4.78, 5) is 0. The molecule has 2 heterocycles. The number of hydrogen-bond acceptors (Lipinski definition) is 4. The van der Waals surface area contributed by atoms with Crippen molar-refractivity contribution in [3.63, 3.8) is 0 Å². The van der Waals surface area contributed by atoms with Crippen molar-refractivity contribution >= 4 is 9.84 Å². The van der Waals surface area contributed by atoms with Crippen LogP contribution < -0.4 is 5.32 Å². The Morgan fingerprint density at radius 3 is 2.70 bits per heavy atom. The molecule has 4 nitrogen and oxygen atoms in total. The molecule has 0 radical (unpaired) electrons. The summed E-state index contributed by atoms with van der Waals surface area (Å²) in [6, 6.07) is 10.8. The smallest absolute Gasteiger partial charge is 0.153 e. The molecule has 2 saturated heterocycles. The molecule has 23 heavy (non-hydrogen) atoms. The van der Waals surface area contributed by atoms with Gasteiger partial charge in [-0.15, -0.1) is 0 Å². The van der Waals surface area contributed by atoms with Crippen LogP contribution in [-0.2, 0) is 20.0 Å². The van der Waals surface area contributed by atoms with Crippen molar-refractivity contribution in [3.8, 4) is 0 Å². The Bertz CT molecular complexity index is 641. The van der Waals surface area contributed by atoms with E-state index in [4.69, 9.17) is 4.74 Å². The second-order valence-corrected chi connectivity index (χ2v) is 9.88. The summed E-state index contributed by atoms with van der Waals surface area (Å²) in [7, 11) is -2.92. The predicted molar refractivity (Wildman–Crippen MR) is 92.4 cm³/mol. The van der Waals surface area contributed by atoms with E-state index in [1.165, 1.54) is 5.56 Å². The van der Waals surface area contributed by atoms with Gasteiger partial charge in [0.05, 0.1) is 17.1 Å². The minimum absolute atomic E-state index is 0.0501. The molecule has 1 N–H and O–H groups in total. The molecule has 1 aromatic rings. The molecule has 0 aromatic heterocycles. The molecule has 0 bridgehead atoms. The summed E-state index contributed by atoms with van der Waals surface area (Å²) in [6.07, 6.45) is 2.40. The van der Waals surface area contributed by atoms with E-state index in [1.54, 1.807) is 0 Å². The largest absolute Gasteiger partial charge is 0.374 e. The van der Waals surface area contributed by atoms with Gasteiger partial charge in [0.15, 0.2) is 9.84 Å². The van der Waals surface area contributed by atoms with Crippen molar-refractivity contribution in [1.29, 1.82) is 0 Å². The highest BCUT2D eigenvalue weighted by Crippen LogP contribution is 2.35. The normalized spacial score (nSPS) is 30.6.